The minimum atomic E-state index is -3.24. The summed E-state index contributed by atoms with van der Waals surface area (Å²) in [6, 6.07) is 5.10. The summed E-state index contributed by atoms with van der Waals surface area (Å²) in [5.41, 5.74) is 1.80. The first kappa shape index (κ1) is 19.7. The highest BCUT2D eigenvalue weighted by molar-refractivity contribution is 6.09. The third kappa shape index (κ3) is 3.36. The van der Waals surface area contributed by atoms with Crippen LogP contribution in [0.3, 0.4) is 0 Å². The minimum Gasteiger partial charge on any atom is -0.487 e. The summed E-state index contributed by atoms with van der Waals surface area (Å²) in [5.74, 6) is -3.12. The summed E-state index contributed by atoms with van der Waals surface area (Å²) in [5, 5.41) is 16.7. The maximum atomic E-state index is 14.0. The van der Waals surface area contributed by atoms with Crippen LogP contribution in [0.15, 0.2) is 36.8 Å². The van der Waals surface area contributed by atoms with Crippen LogP contribution < -0.4 is 15.0 Å². The van der Waals surface area contributed by atoms with Crippen LogP contribution in [0, 0.1) is 0 Å². The Kier molecular flexibility index (Phi) is 4.20. The molecule has 5 rings (SSSR count). The number of aliphatic hydroxyl groups excluding tert-OH is 1. The second kappa shape index (κ2) is 6.61. The van der Waals surface area contributed by atoms with Crippen LogP contribution in [0.2, 0.25) is 0 Å². The maximum Gasteiger partial charge on any atom is 0.292 e. The Morgan fingerprint density at radius 2 is 2.16 bits per heavy atom. The Morgan fingerprint density at radius 3 is 2.90 bits per heavy atom. The van der Waals surface area contributed by atoms with Crippen molar-refractivity contribution in [3.8, 4) is 5.75 Å². The van der Waals surface area contributed by atoms with E-state index >= 15 is 0 Å². The van der Waals surface area contributed by atoms with Gasteiger partial charge in [-0.3, -0.25) is 4.79 Å². The third-order valence-electron chi connectivity index (χ3n) is 5.58. The number of carbonyl (C=O) groups excluding carboxylic acids is 1. The molecule has 4 heterocycles. The second-order valence-corrected chi connectivity index (χ2v) is 8.57. The van der Waals surface area contributed by atoms with Gasteiger partial charge in [0.05, 0.1) is 30.7 Å². The van der Waals surface area contributed by atoms with Crippen molar-refractivity contribution in [1.29, 1.82) is 0 Å². The average Bonchev–Trinajstić information content (AvgIpc) is 3.33. The predicted molar refractivity (Wildman–Crippen MR) is 109 cm³/mol. The quantitative estimate of drug-likeness (QED) is 0.665. The molecular weight excluding hydrogens is 408 g/mol. The third-order valence-corrected chi connectivity index (χ3v) is 5.58. The van der Waals surface area contributed by atoms with Gasteiger partial charge in [0.25, 0.3) is 11.8 Å². The van der Waals surface area contributed by atoms with Gasteiger partial charge in [-0.15, -0.1) is 0 Å². The van der Waals surface area contributed by atoms with Crippen molar-refractivity contribution in [2.24, 2.45) is 0 Å². The van der Waals surface area contributed by atoms with Crippen LogP contribution in [-0.4, -0.2) is 56.3 Å². The zero-order chi connectivity index (χ0) is 22.0. The Balaban J connectivity index is 1.53. The van der Waals surface area contributed by atoms with E-state index in [2.05, 4.69) is 15.4 Å². The number of alkyl halides is 2. The largest absolute Gasteiger partial charge is 0.487 e. The van der Waals surface area contributed by atoms with Gasteiger partial charge >= 0.3 is 0 Å². The normalized spacial score (nSPS) is 21.2. The van der Waals surface area contributed by atoms with Crippen molar-refractivity contribution >= 4 is 22.9 Å². The van der Waals surface area contributed by atoms with Gasteiger partial charge in [-0.05, 0) is 26.0 Å². The highest BCUT2D eigenvalue weighted by Gasteiger charge is 2.48. The molecular formula is C21H21F2N5O3. The molecule has 3 aromatic rings. The number of nitrogens with one attached hydrogen (secondary N) is 1. The van der Waals surface area contributed by atoms with Gasteiger partial charge in [0.2, 0.25) is 0 Å². The maximum absolute atomic E-state index is 14.0. The number of benzene rings is 1. The van der Waals surface area contributed by atoms with Crippen molar-refractivity contribution in [2.45, 2.75) is 37.9 Å². The summed E-state index contributed by atoms with van der Waals surface area (Å²) < 4.78 is 35.5. The fourth-order valence-corrected chi connectivity index (χ4v) is 4.13. The van der Waals surface area contributed by atoms with Crippen molar-refractivity contribution in [3.05, 3.63) is 47.9 Å². The highest BCUT2D eigenvalue weighted by atomic mass is 19.3. The lowest BCUT2D eigenvalue weighted by atomic mass is 10.0. The van der Waals surface area contributed by atoms with Crippen LogP contribution in [-0.2, 0) is 6.42 Å². The summed E-state index contributed by atoms with van der Waals surface area (Å²) in [6.45, 7) is 2.96. The number of nitrogens with zero attached hydrogens (tertiary/aromatic N) is 4. The number of hydrogen-bond donors (Lipinski definition) is 2. The van der Waals surface area contributed by atoms with Crippen LogP contribution >= 0.6 is 0 Å². The standard InChI is InChI=1S/C21H21F2N5O3/c1-20(2)8-12-6-14(26-19(30)13-9-25-28-5-3-4-24-18(13)28)15(7-16(12)31-20)27-10-17(29)21(22,23)11-27/h3-7,9,17,29H,8,10-11H2,1-2H3,(H,26,30). The molecule has 8 nitrogen and oxygen atoms in total. The van der Waals surface area contributed by atoms with Gasteiger partial charge in [-0.25, -0.2) is 18.3 Å². The molecule has 162 valence electrons. The molecule has 1 unspecified atom stereocenters. The molecule has 1 atom stereocenters. The molecule has 0 radical (unpaired) electrons. The molecule has 1 aromatic carbocycles. The first-order valence-electron chi connectivity index (χ1n) is 9.89. The number of aromatic nitrogens is 3. The molecule has 1 amide bonds. The molecule has 10 heteroatoms. The number of aliphatic hydroxyl groups is 1. The van der Waals surface area contributed by atoms with Gasteiger partial charge < -0.3 is 20.1 Å². The number of β-amino-alcohol motifs (C(OH)–C–C–N with tert-alkyl or cyclic N) is 1. The summed E-state index contributed by atoms with van der Waals surface area (Å²) >= 11 is 0. The van der Waals surface area contributed by atoms with E-state index < -0.39 is 30.1 Å². The van der Waals surface area contributed by atoms with E-state index in [1.807, 2.05) is 13.8 Å². The molecule has 2 aromatic heterocycles. The van der Waals surface area contributed by atoms with Gasteiger partial charge in [0, 0.05) is 30.4 Å². The lowest BCUT2D eigenvalue weighted by Gasteiger charge is -2.23. The van der Waals surface area contributed by atoms with E-state index in [-0.39, 0.29) is 12.1 Å². The Bertz CT molecular complexity index is 1190. The number of ether oxygens (including phenoxy) is 1. The fourth-order valence-electron chi connectivity index (χ4n) is 4.13. The summed E-state index contributed by atoms with van der Waals surface area (Å²) in [7, 11) is 0. The van der Waals surface area contributed by atoms with Crippen molar-refractivity contribution in [3.63, 3.8) is 0 Å². The van der Waals surface area contributed by atoms with Crippen molar-refractivity contribution in [1.82, 2.24) is 14.6 Å². The molecule has 0 spiro atoms. The topological polar surface area (TPSA) is 92.0 Å². The number of rotatable bonds is 3. The predicted octanol–water partition coefficient (Wildman–Crippen LogP) is 2.51. The number of amides is 1. The summed E-state index contributed by atoms with van der Waals surface area (Å²) in [6.07, 6.45) is 3.47. The number of carbonyl (C=O) groups is 1. The smallest absolute Gasteiger partial charge is 0.292 e. The van der Waals surface area contributed by atoms with Crippen molar-refractivity contribution < 1.29 is 23.4 Å². The SMILES string of the molecule is CC1(C)Cc2cc(NC(=O)c3cnn4cccnc34)c(N3CC(O)C(F)(F)C3)cc2O1. The van der Waals surface area contributed by atoms with E-state index in [9.17, 15) is 18.7 Å². The molecule has 2 N–H and O–H groups in total. The zero-order valence-corrected chi connectivity index (χ0v) is 17.0. The van der Waals surface area contributed by atoms with E-state index in [1.165, 1.54) is 15.6 Å². The Morgan fingerprint density at radius 1 is 1.35 bits per heavy atom. The molecule has 2 aliphatic rings. The second-order valence-electron chi connectivity index (χ2n) is 8.57. The van der Waals surface area contributed by atoms with Gasteiger partial charge in [-0.1, -0.05) is 0 Å². The lowest BCUT2D eigenvalue weighted by Crippen LogP contribution is -2.31. The minimum absolute atomic E-state index is 0.254. The summed E-state index contributed by atoms with van der Waals surface area (Å²) in [4.78, 5) is 18.6. The first-order valence-corrected chi connectivity index (χ1v) is 9.89. The van der Waals surface area contributed by atoms with E-state index in [1.54, 1.807) is 30.6 Å². The van der Waals surface area contributed by atoms with E-state index in [0.717, 1.165) is 5.56 Å². The number of anilines is 2. The van der Waals surface area contributed by atoms with Gasteiger partial charge in [-0.2, -0.15) is 5.10 Å². The van der Waals surface area contributed by atoms with Crippen LogP contribution in [0.4, 0.5) is 20.2 Å². The Labute approximate surface area is 176 Å². The molecule has 0 bridgehead atoms. The lowest BCUT2D eigenvalue weighted by molar-refractivity contribution is -0.0712. The highest BCUT2D eigenvalue weighted by Crippen LogP contribution is 2.43. The van der Waals surface area contributed by atoms with Crippen LogP contribution in [0.25, 0.3) is 5.65 Å². The average molecular weight is 429 g/mol. The molecule has 0 aliphatic carbocycles. The number of hydrogen-bond acceptors (Lipinski definition) is 6. The molecule has 1 fully saturated rings. The number of halogens is 2. The van der Waals surface area contributed by atoms with Crippen LogP contribution in [0.1, 0.15) is 29.8 Å². The molecule has 0 saturated carbocycles. The molecule has 2 aliphatic heterocycles. The van der Waals surface area contributed by atoms with Crippen molar-refractivity contribution in [2.75, 3.05) is 23.3 Å². The van der Waals surface area contributed by atoms with Gasteiger partial charge in [0.1, 0.15) is 23.0 Å². The number of fused-ring (bicyclic) bond motifs is 2. The first-order chi connectivity index (χ1) is 14.6. The molecule has 1 saturated heterocycles. The Hall–Kier alpha value is -3.27. The fraction of sp³-hybridized carbons (Fsp3) is 0.381. The van der Waals surface area contributed by atoms with Gasteiger partial charge in [0.15, 0.2) is 5.65 Å². The van der Waals surface area contributed by atoms with Crippen LogP contribution in [0.5, 0.6) is 5.75 Å². The van der Waals surface area contributed by atoms with E-state index in [4.69, 9.17) is 4.74 Å². The molecule has 31 heavy (non-hydrogen) atoms. The monoisotopic (exact) mass is 429 g/mol. The zero-order valence-electron chi connectivity index (χ0n) is 17.0. The van der Waals surface area contributed by atoms with E-state index in [0.29, 0.717) is 29.2 Å².